The molecule has 20 heavy (non-hydrogen) atoms. The number of benzene rings is 1. The van der Waals surface area contributed by atoms with Crippen LogP contribution in [0.2, 0.25) is 0 Å². The Hall–Kier alpha value is -3.06. The van der Waals surface area contributed by atoms with E-state index in [1.165, 1.54) is 13.3 Å². The average molecular weight is 272 g/mol. The molecule has 0 saturated carbocycles. The maximum atomic E-state index is 11.0. The number of methoxy groups -OCH3 is 1. The molecule has 1 amide bonds. The molecule has 0 bridgehead atoms. The third-order valence-electron chi connectivity index (χ3n) is 2.12. The minimum absolute atomic E-state index is 0.0754. The molecule has 0 atom stereocenters. The van der Waals surface area contributed by atoms with Gasteiger partial charge in [0.25, 0.3) is 5.91 Å². The lowest BCUT2D eigenvalue weighted by Crippen LogP contribution is -2.16. The van der Waals surface area contributed by atoms with Crippen LogP contribution in [0.15, 0.2) is 23.3 Å². The highest BCUT2D eigenvalue weighted by Gasteiger charge is 2.04. The molecule has 0 aliphatic heterocycles. The summed E-state index contributed by atoms with van der Waals surface area (Å²) in [5.74, 6) is 0.414. The Labute approximate surface area is 116 Å². The van der Waals surface area contributed by atoms with Crippen molar-refractivity contribution in [2.45, 2.75) is 6.42 Å². The van der Waals surface area contributed by atoms with E-state index >= 15 is 0 Å². The number of amides is 1. The quantitative estimate of drug-likeness (QED) is 0.613. The zero-order valence-corrected chi connectivity index (χ0v) is 10.8. The second-order valence-electron chi connectivity index (χ2n) is 3.49. The van der Waals surface area contributed by atoms with Gasteiger partial charge in [0.05, 0.1) is 19.4 Å². The molecule has 0 radical (unpaired) electrons. The molecule has 0 spiro atoms. The number of hydrazone groups is 1. The first-order valence-electron chi connectivity index (χ1n) is 5.58. The number of rotatable bonds is 6. The zero-order chi connectivity index (χ0) is 14.8. The first kappa shape index (κ1) is 15.0. The third-order valence-corrected chi connectivity index (χ3v) is 2.12. The lowest BCUT2D eigenvalue weighted by molar-refractivity contribution is -0.120. The summed E-state index contributed by atoms with van der Waals surface area (Å²) in [6.07, 6.45) is 1.16. The fourth-order valence-corrected chi connectivity index (χ4v) is 1.28. The van der Waals surface area contributed by atoms with Crippen LogP contribution in [0.1, 0.15) is 12.0 Å². The summed E-state index contributed by atoms with van der Waals surface area (Å²) in [6, 6.07) is 8.54. The van der Waals surface area contributed by atoms with Gasteiger partial charge < -0.3 is 9.47 Å². The van der Waals surface area contributed by atoms with Crippen molar-refractivity contribution in [1.29, 1.82) is 10.5 Å². The Balaban J connectivity index is 2.73. The highest BCUT2D eigenvalue weighted by molar-refractivity contribution is 5.83. The molecule has 7 heteroatoms. The van der Waals surface area contributed by atoms with E-state index in [1.54, 1.807) is 24.3 Å². The number of ether oxygens (including phenoxy) is 2. The lowest BCUT2D eigenvalue weighted by Gasteiger charge is -2.08. The van der Waals surface area contributed by atoms with Crippen LogP contribution in [-0.2, 0) is 4.79 Å². The predicted molar refractivity (Wildman–Crippen MR) is 70.1 cm³/mol. The van der Waals surface area contributed by atoms with Gasteiger partial charge in [-0.2, -0.15) is 15.6 Å². The fourth-order valence-electron chi connectivity index (χ4n) is 1.28. The van der Waals surface area contributed by atoms with Crippen LogP contribution in [0.5, 0.6) is 11.5 Å². The maximum absolute atomic E-state index is 11.0. The summed E-state index contributed by atoms with van der Waals surface area (Å²) in [7, 11) is 1.48. The summed E-state index contributed by atoms with van der Waals surface area (Å²) >= 11 is 0. The van der Waals surface area contributed by atoms with Gasteiger partial charge in [0.15, 0.2) is 18.1 Å². The first-order chi connectivity index (χ1) is 9.71. The van der Waals surface area contributed by atoms with Gasteiger partial charge >= 0.3 is 0 Å². The molecule has 0 heterocycles. The molecule has 102 valence electrons. The minimum atomic E-state index is -0.482. The molecular weight excluding hydrogens is 260 g/mol. The van der Waals surface area contributed by atoms with Crippen molar-refractivity contribution in [1.82, 2.24) is 5.43 Å². The number of nitrogens with zero attached hydrogens (tertiary/aromatic N) is 3. The van der Waals surface area contributed by atoms with Gasteiger partial charge in [0.1, 0.15) is 12.5 Å². The van der Waals surface area contributed by atoms with Crippen molar-refractivity contribution in [2.24, 2.45) is 5.10 Å². The van der Waals surface area contributed by atoms with E-state index in [2.05, 4.69) is 10.5 Å². The van der Waals surface area contributed by atoms with Crippen molar-refractivity contribution < 1.29 is 14.3 Å². The average Bonchev–Trinajstić information content (AvgIpc) is 2.46. The summed E-state index contributed by atoms with van der Waals surface area (Å²) in [5.41, 5.74) is 2.88. The van der Waals surface area contributed by atoms with Crippen molar-refractivity contribution in [2.75, 3.05) is 13.7 Å². The number of hydrogen-bond donors (Lipinski definition) is 1. The number of carbonyl (C=O) groups is 1. The van der Waals surface area contributed by atoms with Crippen molar-refractivity contribution in [3.05, 3.63) is 23.8 Å². The molecule has 1 rings (SSSR count). The Kier molecular flexibility index (Phi) is 6.09. The number of nitrogens with one attached hydrogen (secondary N) is 1. The Morgan fingerprint density at radius 3 is 2.85 bits per heavy atom. The summed E-state index contributed by atoms with van der Waals surface area (Å²) in [5, 5.41) is 20.5. The molecule has 1 aromatic carbocycles. The van der Waals surface area contributed by atoms with Gasteiger partial charge in [-0.1, -0.05) is 0 Å². The molecular formula is C13H12N4O3. The van der Waals surface area contributed by atoms with Crippen LogP contribution in [0.3, 0.4) is 0 Å². The highest BCUT2D eigenvalue weighted by atomic mass is 16.5. The van der Waals surface area contributed by atoms with Crippen molar-refractivity contribution in [3.8, 4) is 23.6 Å². The number of nitriles is 2. The lowest BCUT2D eigenvalue weighted by atomic mass is 10.2. The monoisotopic (exact) mass is 272 g/mol. The highest BCUT2D eigenvalue weighted by Crippen LogP contribution is 2.27. The second-order valence-corrected chi connectivity index (χ2v) is 3.49. The number of carbonyl (C=O) groups excluding carboxylic acids is 1. The molecule has 1 N–H and O–H groups in total. The minimum Gasteiger partial charge on any atom is -0.493 e. The van der Waals surface area contributed by atoms with Gasteiger partial charge in [0.2, 0.25) is 0 Å². The summed E-state index contributed by atoms with van der Waals surface area (Å²) in [4.78, 5) is 11.0. The fraction of sp³-hybridized carbons (Fsp3) is 0.231. The van der Waals surface area contributed by atoms with Gasteiger partial charge in [-0.25, -0.2) is 5.43 Å². The van der Waals surface area contributed by atoms with Gasteiger partial charge in [-0.15, -0.1) is 0 Å². The topological polar surface area (TPSA) is 108 Å². The molecule has 0 fully saturated rings. The summed E-state index contributed by atoms with van der Waals surface area (Å²) in [6.45, 7) is -0.0754. The summed E-state index contributed by atoms with van der Waals surface area (Å²) < 4.78 is 10.3. The van der Waals surface area contributed by atoms with Gasteiger partial charge in [-0.05, 0) is 23.8 Å². The van der Waals surface area contributed by atoms with Crippen molar-refractivity contribution in [3.63, 3.8) is 0 Å². The van der Waals surface area contributed by atoms with Crippen LogP contribution in [0, 0.1) is 22.7 Å². The Bertz CT molecular complexity index is 584. The van der Waals surface area contributed by atoms with E-state index < -0.39 is 5.91 Å². The van der Waals surface area contributed by atoms with Crippen molar-refractivity contribution >= 4 is 12.1 Å². The first-order valence-corrected chi connectivity index (χ1v) is 5.58. The molecule has 1 aromatic rings. The van der Waals surface area contributed by atoms with E-state index in [1.807, 2.05) is 6.07 Å². The third kappa shape index (κ3) is 4.67. The van der Waals surface area contributed by atoms with Crippen LogP contribution in [0.4, 0.5) is 0 Å². The molecule has 0 aliphatic carbocycles. The van der Waals surface area contributed by atoms with E-state index in [0.717, 1.165) is 0 Å². The van der Waals surface area contributed by atoms with Crippen LogP contribution in [0.25, 0.3) is 0 Å². The second kappa shape index (κ2) is 8.11. The van der Waals surface area contributed by atoms with E-state index in [-0.39, 0.29) is 13.0 Å². The molecule has 0 aromatic heterocycles. The van der Waals surface area contributed by atoms with Gasteiger partial charge in [-0.3, -0.25) is 4.79 Å². The molecule has 0 saturated heterocycles. The number of hydrogen-bond acceptors (Lipinski definition) is 6. The predicted octanol–water partition coefficient (Wildman–Crippen LogP) is 0.961. The van der Waals surface area contributed by atoms with E-state index in [9.17, 15) is 4.79 Å². The normalized spacial score (nSPS) is 9.55. The molecule has 0 aliphatic rings. The Morgan fingerprint density at radius 2 is 2.20 bits per heavy atom. The standard InChI is InChI=1S/C13H12N4O3/c1-19-12-8-10(2-3-11(12)20-7-6-15)9-16-17-13(18)4-5-14/h2-3,8-9H,4,7H2,1H3,(H,17,18)/b16-9-. The molecule has 0 unspecified atom stereocenters. The smallest absolute Gasteiger partial charge is 0.254 e. The van der Waals surface area contributed by atoms with Crippen LogP contribution >= 0.6 is 0 Å². The largest absolute Gasteiger partial charge is 0.493 e. The Morgan fingerprint density at radius 1 is 1.40 bits per heavy atom. The SMILES string of the molecule is COc1cc(/C=N\NC(=O)CC#N)ccc1OCC#N. The van der Waals surface area contributed by atoms with E-state index in [0.29, 0.717) is 17.1 Å². The van der Waals surface area contributed by atoms with E-state index in [4.69, 9.17) is 20.0 Å². The van der Waals surface area contributed by atoms with Gasteiger partial charge in [0, 0.05) is 0 Å². The van der Waals surface area contributed by atoms with Crippen LogP contribution in [-0.4, -0.2) is 25.8 Å². The van der Waals surface area contributed by atoms with Crippen LogP contribution < -0.4 is 14.9 Å². The molecule has 7 nitrogen and oxygen atoms in total. The zero-order valence-electron chi connectivity index (χ0n) is 10.8. The maximum Gasteiger partial charge on any atom is 0.254 e.